The molecule has 3 nitrogen and oxygen atoms in total. The van der Waals surface area contributed by atoms with Gasteiger partial charge in [-0.1, -0.05) is 30.3 Å². The molecule has 0 amide bonds. The average molecular weight is 255 g/mol. The lowest BCUT2D eigenvalue weighted by Crippen LogP contribution is -2.07. The molecule has 0 aliphatic rings. The van der Waals surface area contributed by atoms with Crippen LogP contribution in [0.5, 0.6) is 0 Å². The Kier molecular flexibility index (Phi) is 3.88. The Morgan fingerprint density at radius 3 is 2.69 bits per heavy atom. The molecular weight excluding hydrogens is 244 g/mol. The molecule has 0 N–H and O–H groups in total. The largest absolute Gasteiger partial charge is 0.366 e. The highest BCUT2D eigenvalue weighted by Gasteiger charge is 2.18. The van der Waals surface area contributed by atoms with E-state index in [1.54, 1.807) is 0 Å². The van der Waals surface area contributed by atoms with Crippen LogP contribution < -0.4 is 0 Å². The van der Waals surface area contributed by atoms with E-state index in [-0.39, 0.29) is 6.10 Å². The zero-order valence-corrected chi connectivity index (χ0v) is 10.3. The van der Waals surface area contributed by atoms with Gasteiger partial charge in [0.15, 0.2) is 5.82 Å². The van der Waals surface area contributed by atoms with E-state index >= 15 is 0 Å². The molecule has 1 unspecified atom stereocenters. The van der Waals surface area contributed by atoms with Crippen molar-refractivity contribution in [2.24, 2.45) is 0 Å². The van der Waals surface area contributed by atoms with Gasteiger partial charge in [0.25, 0.3) is 0 Å². The lowest BCUT2D eigenvalue weighted by molar-refractivity contribution is 0.0860. The maximum atomic E-state index is 5.78. The maximum Gasteiger partial charge on any atom is 0.203 e. The van der Waals surface area contributed by atoms with Gasteiger partial charge in [-0.25, -0.2) is 4.98 Å². The van der Waals surface area contributed by atoms with Crippen LogP contribution in [-0.4, -0.2) is 16.0 Å². The summed E-state index contributed by atoms with van der Waals surface area (Å²) in [6, 6.07) is 9.89. The quantitative estimate of drug-likeness (QED) is 0.840. The van der Waals surface area contributed by atoms with Crippen molar-refractivity contribution < 1.29 is 4.74 Å². The summed E-state index contributed by atoms with van der Waals surface area (Å²) in [7, 11) is 0. The number of rotatable bonds is 4. The fourth-order valence-corrected chi connectivity index (χ4v) is 2.07. The van der Waals surface area contributed by atoms with Crippen molar-refractivity contribution >= 4 is 23.1 Å². The number of halogens is 1. The number of nitrogens with zero attached hydrogens (tertiary/aromatic N) is 2. The summed E-state index contributed by atoms with van der Waals surface area (Å²) in [5.41, 5.74) is 1.04. The first-order valence-electron chi connectivity index (χ1n) is 4.97. The summed E-state index contributed by atoms with van der Waals surface area (Å²) in [5.74, 6) is 0.628. The van der Waals surface area contributed by atoms with E-state index in [1.807, 2.05) is 37.3 Å². The predicted octanol–water partition coefficient (Wildman–Crippen LogP) is 3.32. The van der Waals surface area contributed by atoms with Crippen LogP contribution >= 0.6 is 23.1 Å². The Balaban J connectivity index is 2.31. The fourth-order valence-electron chi connectivity index (χ4n) is 1.44. The summed E-state index contributed by atoms with van der Waals surface area (Å²) in [6.45, 7) is 2.56. The van der Waals surface area contributed by atoms with Crippen molar-refractivity contribution in [1.82, 2.24) is 9.36 Å². The van der Waals surface area contributed by atoms with Gasteiger partial charge in [0.1, 0.15) is 6.10 Å². The van der Waals surface area contributed by atoms with Crippen LogP contribution in [0.1, 0.15) is 24.4 Å². The number of benzene rings is 1. The van der Waals surface area contributed by atoms with E-state index in [1.165, 1.54) is 11.5 Å². The van der Waals surface area contributed by atoms with Gasteiger partial charge in [-0.2, -0.15) is 4.37 Å². The molecule has 1 atom stereocenters. The molecule has 16 heavy (non-hydrogen) atoms. The van der Waals surface area contributed by atoms with Crippen molar-refractivity contribution in [1.29, 1.82) is 0 Å². The first-order valence-corrected chi connectivity index (χ1v) is 6.12. The van der Waals surface area contributed by atoms with Gasteiger partial charge in [-0.15, -0.1) is 0 Å². The van der Waals surface area contributed by atoms with Crippen LogP contribution in [0, 0.1) is 0 Å². The van der Waals surface area contributed by atoms with Crippen molar-refractivity contribution in [2.45, 2.75) is 13.0 Å². The fraction of sp³-hybridized carbons (Fsp3) is 0.273. The molecule has 0 spiro atoms. The molecule has 0 aliphatic heterocycles. The standard InChI is InChI=1S/C11H11ClN2OS/c1-2-15-9(8-6-4-3-5-7-8)10-13-11(12)16-14-10/h3-7,9H,2H2,1H3. The zero-order valence-electron chi connectivity index (χ0n) is 8.76. The summed E-state index contributed by atoms with van der Waals surface area (Å²) in [5, 5.41) is 0. The van der Waals surface area contributed by atoms with Gasteiger partial charge in [-0.3, -0.25) is 0 Å². The summed E-state index contributed by atoms with van der Waals surface area (Å²) in [4.78, 5) is 4.15. The number of hydrogen-bond donors (Lipinski definition) is 0. The average Bonchev–Trinajstić information content (AvgIpc) is 2.74. The molecule has 0 radical (unpaired) electrons. The van der Waals surface area contributed by atoms with Gasteiger partial charge in [0.2, 0.25) is 4.47 Å². The smallest absolute Gasteiger partial charge is 0.203 e. The molecular formula is C11H11ClN2OS. The first kappa shape index (κ1) is 11.5. The lowest BCUT2D eigenvalue weighted by atomic mass is 10.1. The normalized spacial score (nSPS) is 12.6. The molecule has 2 aromatic rings. The second-order valence-electron chi connectivity index (χ2n) is 3.15. The molecule has 84 valence electrons. The van der Waals surface area contributed by atoms with E-state index in [0.717, 1.165) is 5.56 Å². The molecule has 0 saturated heterocycles. The van der Waals surface area contributed by atoms with Crippen molar-refractivity contribution in [2.75, 3.05) is 6.61 Å². The summed E-state index contributed by atoms with van der Waals surface area (Å²) >= 11 is 6.96. The number of hydrogen-bond acceptors (Lipinski definition) is 4. The van der Waals surface area contributed by atoms with Crippen molar-refractivity contribution in [3.05, 3.63) is 46.2 Å². The first-order chi connectivity index (χ1) is 7.81. The Morgan fingerprint density at radius 1 is 1.38 bits per heavy atom. The number of aromatic nitrogens is 2. The van der Waals surface area contributed by atoms with Crippen molar-refractivity contribution in [3.63, 3.8) is 0 Å². The molecule has 0 aliphatic carbocycles. The van der Waals surface area contributed by atoms with Crippen LogP contribution in [0.3, 0.4) is 0 Å². The molecule has 5 heteroatoms. The van der Waals surface area contributed by atoms with Gasteiger partial charge in [0, 0.05) is 6.61 Å². The topological polar surface area (TPSA) is 35.0 Å². The van der Waals surface area contributed by atoms with Crippen LogP contribution in [0.2, 0.25) is 4.47 Å². The molecule has 0 saturated carbocycles. The van der Waals surface area contributed by atoms with Gasteiger partial charge in [0.05, 0.1) is 0 Å². The third-order valence-corrected chi connectivity index (χ3v) is 2.90. The highest BCUT2D eigenvalue weighted by molar-refractivity contribution is 7.10. The van der Waals surface area contributed by atoms with E-state index in [2.05, 4.69) is 9.36 Å². The lowest BCUT2D eigenvalue weighted by Gasteiger charge is -2.13. The second kappa shape index (κ2) is 5.39. The SMILES string of the molecule is CCOC(c1ccccc1)c1nsc(Cl)n1. The predicted molar refractivity (Wildman–Crippen MR) is 64.8 cm³/mol. The molecule has 0 fully saturated rings. The Morgan fingerprint density at radius 2 is 2.12 bits per heavy atom. The third kappa shape index (κ3) is 2.58. The van der Waals surface area contributed by atoms with Crippen LogP contribution in [0.15, 0.2) is 30.3 Å². The highest BCUT2D eigenvalue weighted by Crippen LogP contribution is 2.25. The van der Waals surface area contributed by atoms with Gasteiger partial charge >= 0.3 is 0 Å². The molecule has 1 aromatic carbocycles. The summed E-state index contributed by atoms with van der Waals surface area (Å²) < 4.78 is 10.3. The van der Waals surface area contributed by atoms with E-state index in [4.69, 9.17) is 16.3 Å². The molecule has 0 bridgehead atoms. The van der Waals surface area contributed by atoms with Crippen molar-refractivity contribution in [3.8, 4) is 0 Å². The zero-order chi connectivity index (χ0) is 11.4. The van der Waals surface area contributed by atoms with E-state index in [9.17, 15) is 0 Å². The molecule has 1 heterocycles. The van der Waals surface area contributed by atoms with Crippen LogP contribution in [-0.2, 0) is 4.74 Å². The van der Waals surface area contributed by atoms with Gasteiger partial charge in [-0.05, 0) is 35.6 Å². The third-order valence-electron chi connectivity index (χ3n) is 2.09. The maximum absolute atomic E-state index is 5.78. The van der Waals surface area contributed by atoms with Crippen LogP contribution in [0.25, 0.3) is 0 Å². The Bertz CT molecular complexity index is 446. The minimum atomic E-state index is -0.227. The second-order valence-corrected chi connectivity index (χ2v) is 4.49. The van der Waals surface area contributed by atoms with E-state index < -0.39 is 0 Å². The minimum Gasteiger partial charge on any atom is -0.366 e. The Hall–Kier alpha value is -0.970. The minimum absolute atomic E-state index is 0.227. The molecule has 1 aromatic heterocycles. The summed E-state index contributed by atoms with van der Waals surface area (Å²) in [6.07, 6.45) is -0.227. The van der Waals surface area contributed by atoms with E-state index in [0.29, 0.717) is 16.9 Å². The number of ether oxygens (including phenoxy) is 1. The van der Waals surface area contributed by atoms with Crippen LogP contribution in [0.4, 0.5) is 0 Å². The highest BCUT2D eigenvalue weighted by atomic mass is 35.5. The monoisotopic (exact) mass is 254 g/mol. The Labute approximate surface area is 103 Å². The van der Waals surface area contributed by atoms with Gasteiger partial charge < -0.3 is 4.74 Å². The molecule has 2 rings (SSSR count).